The summed E-state index contributed by atoms with van der Waals surface area (Å²) >= 11 is 0. The molecule has 9 heteroatoms. The molecule has 5 rings (SSSR count). The number of halogens is 1. The van der Waals surface area contributed by atoms with Gasteiger partial charge in [0.25, 0.3) is 5.91 Å². The summed E-state index contributed by atoms with van der Waals surface area (Å²) in [6.07, 6.45) is 6.65. The third-order valence-electron chi connectivity index (χ3n) is 5.82. The van der Waals surface area contributed by atoms with Gasteiger partial charge in [-0.05, 0) is 39.3 Å². The van der Waals surface area contributed by atoms with Crippen molar-refractivity contribution in [3.8, 4) is 0 Å². The standard InChI is InChI=1S/C24H26FN7O/c1-13-5-18-21(26-7-13)19(8-27-22(18)31-9-14(2)28-15(3)10-31)24(33)30-17-6-20(25)23-29-16(4)11-32(23)12-17/h5-8,11-12,14-15,28H,9-10H2,1-4H3,(H,30,33)/t14-,15+. The van der Waals surface area contributed by atoms with E-state index in [0.717, 1.165) is 29.9 Å². The maximum atomic E-state index is 14.5. The first-order valence-electron chi connectivity index (χ1n) is 11.0. The van der Waals surface area contributed by atoms with Crippen LogP contribution < -0.4 is 15.5 Å². The largest absolute Gasteiger partial charge is 0.353 e. The van der Waals surface area contributed by atoms with Crippen molar-refractivity contribution in [2.45, 2.75) is 39.8 Å². The molecule has 1 saturated heterocycles. The number of imidazole rings is 1. The maximum Gasteiger partial charge on any atom is 0.259 e. The molecule has 1 fully saturated rings. The van der Waals surface area contributed by atoms with Crippen LogP contribution in [0.5, 0.6) is 0 Å². The molecule has 1 amide bonds. The Morgan fingerprint density at radius 3 is 2.64 bits per heavy atom. The van der Waals surface area contributed by atoms with Crippen molar-refractivity contribution in [1.29, 1.82) is 0 Å². The van der Waals surface area contributed by atoms with E-state index in [-0.39, 0.29) is 5.65 Å². The Hall–Kier alpha value is -3.59. The van der Waals surface area contributed by atoms with E-state index in [1.807, 2.05) is 13.0 Å². The number of anilines is 2. The summed E-state index contributed by atoms with van der Waals surface area (Å²) in [7, 11) is 0. The van der Waals surface area contributed by atoms with Gasteiger partial charge in [-0.3, -0.25) is 9.78 Å². The van der Waals surface area contributed by atoms with Crippen LogP contribution in [-0.4, -0.2) is 50.4 Å². The Balaban J connectivity index is 1.53. The van der Waals surface area contributed by atoms with E-state index in [4.69, 9.17) is 0 Å². The molecule has 8 nitrogen and oxygen atoms in total. The molecule has 0 aromatic carbocycles. The zero-order chi connectivity index (χ0) is 23.3. The number of pyridine rings is 3. The molecule has 4 aromatic rings. The third-order valence-corrected chi connectivity index (χ3v) is 5.82. The number of carbonyl (C=O) groups is 1. The first kappa shape index (κ1) is 21.3. The summed E-state index contributed by atoms with van der Waals surface area (Å²) in [4.78, 5) is 28.8. The number of piperazine rings is 1. The summed E-state index contributed by atoms with van der Waals surface area (Å²) in [6.45, 7) is 9.68. The Morgan fingerprint density at radius 1 is 1.12 bits per heavy atom. The number of carbonyl (C=O) groups excluding carboxylic acids is 1. The molecule has 1 aliphatic heterocycles. The number of hydrogen-bond acceptors (Lipinski definition) is 6. The summed E-state index contributed by atoms with van der Waals surface area (Å²) in [6, 6.07) is 3.93. The maximum absolute atomic E-state index is 14.5. The van der Waals surface area contributed by atoms with Gasteiger partial charge in [0, 0.05) is 61.4 Å². The van der Waals surface area contributed by atoms with Gasteiger partial charge in [0.2, 0.25) is 0 Å². The van der Waals surface area contributed by atoms with Gasteiger partial charge in [-0.15, -0.1) is 0 Å². The predicted octanol–water partition coefficient (Wildman–Crippen LogP) is 3.47. The summed E-state index contributed by atoms with van der Waals surface area (Å²) in [5, 5.41) is 7.15. The van der Waals surface area contributed by atoms with E-state index >= 15 is 0 Å². The molecule has 5 heterocycles. The number of rotatable bonds is 3. The molecular formula is C24H26FN7O. The second-order valence-corrected chi connectivity index (χ2v) is 8.92. The zero-order valence-corrected chi connectivity index (χ0v) is 19.1. The van der Waals surface area contributed by atoms with Crippen LogP contribution in [0.4, 0.5) is 15.9 Å². The van der Waals surface area contributed by atoms with Crippen LogP contribution >= 0.6 is 0 Å². The van der Waals surface area contributed by atoms with E-state index < -0.39 is 11.7 Å². The minimum Gasteiger partial charge on any atom is -0.353 e. The minimum absolute atomic E-state index is 0.221. The number of nitrogens with zero attached hydrogens (tertiary/aromatic N) is 5. The van der Waals surface area contributed by atoms with E-state index in [1.54, 1.807) is 36.1 Å². The fourth-order valence-electron chi connectivity index (χ4n) is 4.57. The second kappa shape index (κ2) is 8.08. The van der Waals surface area contributed by atoms with E-state index in [0.29, 0.717) is 34.5 Å². The molecule has 0 saturated carbocycles. The van der Waals surface area contributed by atoms with Gasteiger partial charge in [0.05, 0.1) is 22.5 Å². The molecule has 33 heavy (non-hydrogen) atoms. The third kappa shape index (κ3) is 4.00. The summed E-state index contributed by atoms with van der Waals surface area (Å²) < 4.78 is 16.0. The topological polar surface area (TPSA) is 87.5 Å². The van der Waals surface area contributed by atoms with E-state index in [1.165, 1.54) is 6.07 Å². The smallest absolute Gasteiger partial charge is 0.259 e. The van der Waals surface area contributed by atoms with Crippen molar-refractivity contribution in [2.75, 3.05) is 23.3 Å². The molecule has 0 radical (unpaired) electrons. The lowest BCUT2D eigenvalue weighted by Crippen LogP contribution is -2.54. The van der Waals surface area contributed by atoms with Crippen molar-refractivity contribution in [3.05, 3.63) is 59.6 Å². The van der Waals surface area contributed by atoms with Crippen LogP contribution in [-0.2, 0) is 0 Å². The lowest BCUT2D eigenvalue weighted by molar-refractivity contribution is 0.102. The summed E-state index contributed by atoms with van der Waals surface area (Å²) in [5.74, 6) is -0.0812. The number of aryl methyl sites for hydroxylation is 2. The van der Waals surface area contributed by atoms with Gasteiger partial charge in [-0.25, -0.2) is 14.4 Å². The van der Waals surface area contributed by atoms with Gasteiger partial charge >= 0.3 is 0 Å². The van der Waals surface area contributed by atoms with Crippen molar-refractivity contribution in [3.63, 3.8) is 0 Å². The second-order valence-electron chi connectivity index (χ2n) is 8.92. The predicted molar refractivity (Wildman–Crippen MR) is 126 cm³/mol. The first-order valence-corrected chi connectivity index (χ1v) is 11.0. The van der Waals surface area contributed by atoms with Gasteiger partial charge in [-0.2, -0.15) is 0 Å². The zero-order valence-electron chi connectivity index (χ0n) is 19.1. The van der Waals surface area contributed by atoms with Gasteiger partial charge in [0.15, 0.2) is 11.5 Å². The SMILES string of the molecule is Cc1cnc2c(C(=O)Nc3cc(F)c4nc(C)cn4c3)cnc(N3C[C@@H](C)N[C@@H](C)C3)c2c1. The molecule has 1 aliphatic rings. The van der Waals surface area contributed by atoms with Gasteiger partial charge in [-0.1, -0.05) is 0 Å². The average molecular weight is 448 g/mol. The Bertz CT molecular complexity index is 1370. The van der Waals surface area contributed by atoms with E-state index in [9.17, 15) is 9.18 Å². The molecular weight excluding hydrogens is 421 g/mol. The van der Waals surface area contributed by atoms with Crippen molar-refractivity contribution in [2.24, 2.45) is 0 Å². The highest BCUT2D eigenvalue weighted by atomic mass is 19.1. The molecule has 0 bridgehead atoms. The molecule has 2 atom stereocenters. The normalized spacial score (nSPS) is 18.8. The van der Waals surface area contributed by atoms with Gasteiger partial charge in [0.1, 0.15) is 5.82 Å². The van der Waals surface area contributed by atoms with Crippen LogP contribution in [0.1, 0.15) is 35.5 Å². The fourth-order valence-corrected chi connectivity index (χ4v) is 4.57. The van der Waals surface area contributed by atoms with Crippen LogP contribution in [0, 0.1) is 19.7 Å². The fraction of sp³-hybridized carbons (Fsp3) is 0.333. The van der Waals surface area contributed by atoms with Crippen LogP contribution in [0.2, 0.25) is 0 Å². The monoisotopic (exact) mass is 447 g/mol. The number of aromatic nitrogens is 4. The Kier molecular flexibility index (Phi) is 5.20. The quantitative estimate of drug-likeness (QED) is 0.500. The molecule has 0 unspecified atom stereocenters. The lowest BCUT2D eigenvalue weighted by Gasteiger charge is -2.37. The number of fused-ring (bicyclic) bond motifs is 2. The molecule has 0 spiro atoms. The van der Waals surface area contributed by atoms with Crippen LogP contribution in [0.15, 0.2) is 36.9 Å². The molecule has 2 N–H and O–H groups in total. The van der Waals surface area contributed by atoms with Crippen molar-refractivity contribution >= 4 is 34.0 Å². The summed E-state index contributed by atoms with van der Waals surface area (Å²) in [5.41, 5.74) is 3.14. The molecule has 170 valence electrons. The first-order chi connectivity index (χ1) is 15.8. The Labute approximate surface area is 190 Å². The highest BCUT2D eigenvalue weighted by Gasteiger charge is 2.25. The minimum atomic E-state index is -0.505. The highest BCUT2D eigenvalue weighted by molar-refractivity contribution is 6.13. The van der Waals surface area contributed by atoms with Crippen molar-refractivity contribution < 1.29 is 9.18 Å². The number of nitrogens with one attached hydrogen (secondary N) is 2. The highest BCUT2D eigenvalue weighted by Crippen LogP contribution is 2.29. The van der Waals surface area contributed by atoms with Crippen LogP contribution in [0.3, 0.4) is 0 Å². The number of amides is 1. The van der Waals surface area contributed by atoms with E-state index in [2.05, 4.69) is 44.3 Å². The Morgan fingerprint density at radius 2 is 1.88 bits per heavy atom. The average Bonchev–Trinajstić information content (AvgIpc) is 3.12. The number of hydrogen-bond donors (Lipinski definition) is 2. The van der Waals surface area contributed by atoms with Crippen molar-refractivity contribution in [1.82, 2.24) is 24.7 Å². The van der Waals surface area contributed by atoms with Gasteiger partial charge < -0.3 is 19.9 Å². The lowest BCUT2D eigenvalue weighted by atomic mass is 10.1. The molecule has 0 aliphatic carbocycles. The molecule has 4 aromatic heterocycles. The van der Waals surface area contributed by atoms with Crippen LogP contribution in [0.25, 0.3) is 16.6 Å².